The first-order chi connectivity index (χ1) is 15.6. The van der Waals surface area contributed by atoms with Crippen molar-refractivity contribution in [1.29, 1.82) is 0 Å². The third-order valence-electron chi connectivity index (χ3n) is 4.51. The number of carbonyl (C=O) groups excluding carboxylic acids is 3. The highest BCUT2D eigenvalue weighted by molar-refractivity contribution is 7.14. The molecular weight excluding hydrogens is 457 g/mol. The number of anilines is 2. The van der Waals surface area contributed by atoms with E-state index >= 15 is 0 Å². The highest BCUT2D eigenvalue weighted by Crippen LogP contribution is 2.35. The summed E-state index contributed by atoms with van der Waals surface area (Å²) in [6.07, 6.45) is -4.66. The van der Waals surface area contributed by atoms with E-state index < -0.39 is 23.6 Å². The Balaban J connectivity index is 1.61. The predicted octanol–water partition coefficient (Wildman–Crippen LogP) is 5.55. The number of hydrogen-bond acceptors (Lipinski definition) is 6. The zero-order valence-electron chi connectivity index (χ0n) is 17.5. The normalized spacial score (nSPS) is 11.2. The molecule has 6 nitrogen and oxygen atoms in total. The average molecular weight is 476 g/mol. The van der Waals surface area contributed by atoms with Gasteiger partial charge in [0.15, 0.2) is 10.9 Å². The zero-order valence-corrected chi connectivity index (χ0v) is 18.3. The van der Waals surface area contributed by atoms with Crippen molar-refractivity contribution in [3.8, 4) is 0 Å². The van der Waals surface area contributed by atoms with Crippen LogP contribution in [-0.2, 0) is 27.1 Å². The minimum Gasteiger partial charge on any atom is -0.459 e. The molecule has 2 aromatic carbocycles. The summed E-state index contributed by atoms with van der Waals surface area (Å²) in [5.74, 6) is -1.29. The van der Waals surface area contributed by atoms with Crippen LogP contribution < -0.4 is 4.90 Å². The Morgan fingerprint density at radius 3 is 2.42 bits per heavy atom. The molecule has 0 N–H and O–H groups in total. The van der Waals surface area contributed by atoms with Crippen LogP contribution in [0.15, 0.2) is 60.0 Å². The molecule has 33 heavy (non-hydrogen) atoms. The Morgan fingerprint density at radius 1 is 1.03 bits per heavy atom. The van der Waals surface area contributed by atoms with Gasteiger partial charge < -0.3 is 4.74 Å². The molecule has 0 spiro atoms. The van der Waals surface area contributed by atoms with Crippen LogP contribution in [0, 0.1) is 0 Å². The third-order valence-corrected chi connectivity index (χ3v) is 5.39. The Bertz CT molecular complexity index is 1150. The molecule has 1 heterocycles. The Labute approximate surface area is 191 Å². The summed E-state index contributed by atoms with van der Waals surface area (Å²) >= 11 is 1.03. The lowest BCUT2D eigenvalue weighted by Crippen LogP contribution is -2.23. The number of ether oxygens (including phenoxy) is 1. The van der Waals surface area contributed by atoms with E-state index in [0.29, 0.717) is 11.3 Å². The molecule has 3 aromatic rings. The minimum absolute atomic E-state index is 0.00117. The van der Waals surface area contributed by atoms with Gasteiger partial charge in [-0.2, -0.15) is 13.2 Å². The first kappa shape index (κ1) is 24.1. The molecule has 0 aliphatic heterocycles. The maximum atomic E-state index is 13.0. The molecule has 0 aliphatic carbocycles. The van der Waals surface area contributed by atoms with Crippen molar-refractivity contribution in [2.75, 3.05) is 4.90 Å². The lowest BCUT2D eigenvalue weighted by atomic mass is 10.1. The number of carbonyl (C=O) groups is 3. The molecule has 172 valence electrons. The van der Waals surface area contributed by atoms with E-state index in [1.807, 2.05) is 0 Å². The second kappa shape index (κ2) is 10.4. The van der Waals surface area contributed by atoms with Crippen molar-refractivity contribution < 1.29 is 32.3 Å². The number of benzene rings is 2. The molecule has 0 atom stereocenters. The fourth-order valence-electron chi connectivity index (χ4n) is 2.92. The number of esters is 1. The highest BCUT2D eigenvalue weighted by atomic mass is 32.1. The van der Waals surface area contributed by atoms with Gasteiger partial charge in [0.25, 0.3) is 0 Å². The second-order valence-corrected chi connectivity index (χ2v) is 7.81. The average Bonchev–Trinajstić information content (AvgIpc) is 3.24. The molecular formula is C23H19F3N2O4S. The van der Waals surface area contributed by atoms with Crippen LogP contribution in [0.3, 0.4) is 0 Å². The molecule has 0 saturated heterocycles. The fraction of sp³-hybridized carbons (Fsp3) is 0.217. The Hall–Kier alpha value is -3.53. The fourth-order valence-corrected chi connectivity index (χ4v) is 3.80. The molecule has 10 heteroatoms. The van der Waals surface area contributed by atoms with Gasteiger partial charge in [-0.3, -0.25) is 19.3 Å². The predicted molar refractivity (Wildman–Crippen MR) is 116 cm³/mol. The summed E-state index contributed by atoms with van der Waals surface area (Å²) in [4.78, 5) is 41.5. The molecule has 0 unspecified atom stereocenters. The van der Waals surface area contributed by atoms with Gasteiger partial charge in [0.1, 0.15) is 6.61 Å². The number of nitrogens with zero attached hydrogens (tertiary/aromatic N) is 2. The first-order valence-electron chi connectivity index (χ1n) is 9.81. The van der Waals surface area contributed by atoms with Gasteiger partial charge >= 0.3 is 12.1 Å². The summed E-state index contributed by atoms with van der Waals surface area (Å²) in [6, 6.07) is 12.9. The maximum Gasteiger partial charge on any atom is 0.416 e. The van der Waals surface area contributed by atoms with Gasteiger partial charge in [0.2, 0.25) is 5.91 Å². The lowest BCUT2D eigenvalue weighted by molar-refractivity contribution is -0.145. The number of Topliss-reactive ketones (excluding diaryl/α,β-unsaturated/α-hetero) is 1. The van der Waals surface area contributed by atoms with Gasteiger partial charge in [-0.1, -0.05) is 36.4 Å². The topological polar surface area (TPSA) is 76.6 Å². The smallest absolute Gasteiger partial charge is 0.416 e. The van der Waals surface area contributed by atoms with Crippen molar-refractivity contribution in [2.24, 2.45) is 0 Å². The molecule has 0 aliphatic rings. The number of rotatable bonds is 8. The number of halogens is 3. The van der Waals surface area contributed by atoms with Gasteiger partial charge in [0, 0.05) is 24.3 Å². The molecule has 0 saturated carbocycles. The van der Waals surface area contributed by atoms with Crippen LogP contribution in [0.5, 0.6) is 0 Å². The van der Waals surface area contributed by atoms with E-state index in [9.17, 15) is 27.6 Å². The summed E-state index contributed by atoms with van der Waals surface area (Å²) in [6.45, 7) is 1.02. The Kier molecular flexibility index (Phi) is 7.59. The summed E-state index contributed by atoms with van der Waals surface area (Å²) < 4.78 is 44.3. The summed E-state index contributed by atoms with van der Waals surface area (Å²) in [5.41, 5.74) is -0.0269. The van der Waals surface area contributed by atoms with Crippen molar-refractivity contribution in [1.82, 2.24) is 4.98 Å². The summed E-state index contributed by atoms with van der Waals surface area (Å²) in [5, 5.41) is 1.69. The van der Waals surface area contributed by atoms with E-state index in [2.05, 4.69) is 4.98 Å². The minimum atomic E-state index is -4.55. The lowest BCUT2D eigenvalue weighted by Gasteiger charge is -2.19. The number of alkyl halides is 3. The van der Waals surface area contributed by atoms with Crippen LogP contribution in [0.25, 0.3) is 0 Å². The number of thiazole rings is 1. The number of aromatic nitrogens is 1. The molecule has 0 fully saturated rings. The molecule has 1 aromatic heterocycles. The first-order valence-corrected chi connectivity index (χ1v) is 10.7. The van der Waals surface area contributed by atoms with Crippen molar-refractivity contribution in [2.45, 2.75) is 32.5 Å². The van der Waals surface area contributed by atoms with E-state index in [4.69, 9.17) is 4.74 Å². The zero-order chi connectivity index (χ0) is 24.0. The number of amides is 1. The monoisotopic (exact) mass is 476 g/mol. The van der Waals surface area contributed by atoms with Gasteiger partial charge in [0.05, 0.1) is 23.4 Å². The van der Waals surface area contributed by atoms with Crippen molar-refractivity contribution >= 4 is 39.8 Å². The van der Waals surface area contributed by atoms with Crippen molar-refractivity contribution in [3.05, 3.63) is 76.8 Å². The van der Waals surface area contributed by atoms with Gasteiger partial charge in [-0.15, -0.1) is 11.3 Å². The van der Waals surface area contributed by atoms with Crippen LogP contribution in [0.2, 0.25) is 0 Å². The third kappa shape index (κ3) is 6.48. The van der Waals surface area contributed by atoms with Gasteiger partial charge in [-0.05, 0) is 18.2 Å². The number of ketones is 1. The quantitative estimate of drug-likeness (QED) is 0.315. The van der Waals surface area contributed by atoms with Crippen LogP contribution in [0.4, 0.5) is 24.0 Å². The molecule has 0 radical (unpaired) electrons. The molecule has 1 amide bonds. The molecule has 3 rings (SSSR count). The second-order valence-electron chi connectivity index (χ2n) is 6.97. The highest BCUT2D eigenvalue weighted by Gasteiger charge is 2.31. The summed E-state index contributed by atoms with van der Waals surface area (Å²) in [7, 11) is 0. The van der Waals surface area contributed by atoms with E-state index in [1.165, 1.54) is 19.1 Å². The maximum absolute atomic E-state index is 13.0. The van der Waals surface area contributed by atoms with E-state index in [-0.39, 0.29) is 36.1 Å². The van der Waals surface area contributed by atoms with E-state index in [0.717, 1.165) is 28.4 Å². The SMILES string of the molecule is CC(=O)N(c1cccc(C(F)(F)F)c1)c1nc(COC(=O)CCC(=O)c2ccccc2)cs1. The standard InChI is InChI=1S/C23H19F3N2O4S/c1-15(29)28(19-9-5-8-17(12-19)23(24,25)26)22-27-18(14-33-22)13-32-21(31)11-10-20(30)16-6-3-2-4-7-16/h2-9,12,14H,10-11,13H2,1H3. The van der Waals surface area contributed by atoms with Gasteiger partial charge in [-0.25, -0.2) is 4.98 Å². The van der Waals surface area contributed by atoms with Crippen LogP contribution in [0.1, 0.15) is 41.4 Å². The van der Waals surface area contributed by atoms with Crippen LogP contribution in [-0.4, -0.2) is 22.6 Å². The van der Waals surface area contributed by atoms with Crippen molar-refractivity contribution in [3.63, 3.8) is 0 Å². The van der Waals surface area contributed by atoms with E-state index in [1.54, 1.807) is 35.7 Å². The van der Waals surface area contributed by atoms with Crippen LogP contribution >= 0.6 is 11.3 Å². The Morgan fingerprint density at radius 2 is 1.76 bits per heavy atom. The molecule has 0 bridgehead atoms. The number of hydrogen-bond donors (Lipinski definition) is 0. The largest absolute Gasteiger partial charge is 0.459 e.